The Kier molecular flexibility index (Phi) is 6.70. The highest BCUT2D eigenvalue weighted by atomic mass is 32.2. The fraction of sp³-hybridized carbons (Fsp3) is 0.381. The number of sulfonamides is 1. The number of likely N-dealkylation sites (tertiary alicyclic amines) is 1. The molecule has 1 atom stereocenters. The van der Waals surface area contributed by atoms with Crippen molar-refractivity contribution in [3.8, 4) is 5.75 Å². The molecule has 150 valence electrons. The number of hydrogen-bond acceptors (Lipinski definition) is 4. The second kappa shape index (κ2) is 9.21. The lowest BCUT2D eigenvalue weighted by Crippen LogP contribution is -2.43. The van der Waals surface area contributed by atoms with E-state index in [2.05, 4.69) is 4.72 Å². The van der Waals surface area contributed by atoms with Crippen LogP contribution in [0.3, 0.4) is 0 Å². The average molecular weight is 403 g/mol. The molecule has 0 aromatic heterocycles. The lowest BCUT2D eigenvalue weighted by molar-refractivity contribution is 0.0673. The van der Waals surface area contributed by atoms with Crippen molar-refractivity contribution in [2.75, 3.05) is 25.9 Å². The summed E-state index contributed by atoms with van der Waals surface area (Å²) in [6.45, 7) is 1.91. The molecule has 3 rings (SSSR count). The van der Waals surface area contributed by atoms with E-state index in [0.717, 1.165) is 30.4 Å². The lowest BCUT2D eigenvalue weighted by atomic mass is 9.97. The van der Waals surface area contributed by atoms with Crippen LogP contribution in [0.25, 0.3) is 0 Å². The van der Waals surface area contributed by atoms with Gasteiger partial charge in [-0.3, -0.25) is 4.79 Å². The van der Waals surface area contributed by atoms with Crippen molar-refractivity contribution in [3.05, 3.63) is 65.7 Å². The average Bonchev–Trinajstić information content (AvgIpc) is 2.71. The summed E-state index contributed by atoms with van der Waals surface area (Å²) in [7, 11) is -3.22. The monoisotopic (exact) mass is 402 g/mol. The molecule has 2 aromatic rings. The van der Waals surface area contributed by atoms with Gasteiger partial charge in [0.2, 0.25) is 10.0 Å². The van der Waals surface area contributed by atoms with Crippen LogP contribution in [0.1, 0.15) is 28.8 Å². The van der Waals surface area contributed by atoms with E-state index in [1.807, 2.05) is 59.5 Å². The Morgan fingerprint density at radius 2 is 1.86 bits per heavy atom. The minimum atomic E-state index is -3.22. The molecule has 1 amide bonds. The maximum absolute atomic E-state index is 13.1. The highest BCUT2D eigenvalue weighted by molar-refractivity contribution is 7.88. The highest BCUT2D eigenvalue weighted by Gasteiger charge is 2.26. The number of rotatable bonds is 7. The largest absolute Gasteiger partial charge is 0.489 e. The molecular formula is C21H26N2O4S. The lowest BCUT2D eigenvalue weighted by Gasteiger charge is -2.33. The molecule has 1 saturated heterocycles. The van der Waals surface area contributed by atoms with Crippen LogP contribution in [0.15, 0.2) is 54.6 Å². The Balaban J connectivity index is 1.66. The van der Waals surface area contributed by atoms with Gasteiger partial charge in [-0.05, 0) is 37.0 Å². The Morgan fingerprint density at radius 1 is 1.14 bits per heavy atom. The van der Waals surface area contributed by atoms with E-state index in [1.54, 1.807) is 0 Å². The molecule has 0 bridgehead atoms. The molecule has 28 heavy (non-hydrogen) atoms. The zero-order valence-electron chi connectivity index (χ0n) is 16.0. The molecule has 0 unspecified atom stereocenters. The Hall–Kier alpha value is -2.38. The van der Waals surface area contributed by atoms with Gasteiger partial charge in [0, 0.05) is 30.8 Å². The van der Waals surface area contributed by atoms with E-state index in [9.17, 15) is 13.2 Å². The number of hydrogen-bond donors (Lipinski definition) is 1. The van der Waals surface area contributed by atoms with E-state index >= 15 is 0 Å². The Morgan fingerprint density at radius 3 is 2.61 bits per heavy atom. The van der Waals surface area contributed by atoms with E-state index in [4.69, 9.17) is 4.74 Å². The van der Waals surface area contributed by atoms with E-state index in [1.165, 1.54) is 0 Å². The van der Waals surface area contributed by atoms with Gasteiger partial charge in [-0.1, -0.05) is 36.4 Å². The molecule has 1 fully saturated rings. The number of amides is 1. The molecule has 7 heteroatoms. The van der Waals surface area contributed by atoms with Gasteiger partial charge < -0.3 is 9.64 Å². The first-order chi connectivity index (χ1) is 13.4. The standard InChI is InChI=1S/C21H26N2O4S/c1-28(25,26)22-14-17-8-7-13-23(15-17)21(24)20-12-6-5-9-18(20)16-27-19-10-3-2-4-11-19/h2-6,9-12,17,22H,7-8,13-16H2,1H3/t17-/m0/s1. The molecule has 0 spiro atoms. The first kappa shape index (κ1) is 20.4. The second-order valence-corrected chi connectivity index (χ2v) is 8.97. The molecule has 0 saturated carbocycles. The van der Waals surface area contributed by atoms with Crippen LogP contribution >= 0.6 is 0 Å². The third kappa shape index (κ3) is 5.81. The van der Waals surface area contributed by atoms with Crippen molar-refractivity contribution in [3.63, 3.8) is 0 Å². The molecule has 0 radical (unpaired) electrons. The van der Waals surface area contributed by atoms with Gasteiger partial charge in [-0.15, -0.1) is 0 Å². The van der Waals surface area contributed by atoms with Gasteiger partial charge in [0.05, 0.1) is 6.26 Å². The minimum Gasteiger partial charge on any atom is -0.489 e. The van der Waals surface area contributed by atoms with Gasteiger partial charge in [-0.2, -0.15) is 0 Å². The van der Waals surface area contributed by atoms with Gasteiger partial charge in [0.1, 0.15) is 12.4 Å². The molecule has 1 N–H and O–H groups in total. The van der Waals surface area contributed by atoms with Crippen LogP contribution in [0.4, 0.5) is 0 Å². The molecule has 1 heterocycles. The third-order valence-electron chi connectivity index (χ3n) is 4.83. The maximum Gasteiger partial charge on any atom is 0.254 e. The number of ether oxygens (including phenoxy) is 1. The maximum atomic E-state index is 13.1. The van der Waals surface area contributed by atoms with Gasteiger partial charge >= 0.3 is 0 Å². The molecule has 2 aromatic carbocycles. The molecule has 0 aliphatic carbocycles. The summed E-state index contributed by atoms with van der Waals surface area (Å²) < 4.78 is 31.1. The molecule has 1 aliphatic heterocycles. The summed E-state index contributed by atoms with van der Waals surface area (Å²) in [5.41, 5.74) is 1.47. The van der Waals surface area contributed by atoms with Crippen LogP contribution in [0.2, 0.25) is 0 Å². The first-order valence-electron chi connectivity index (χ1n) is 9.42. The summed E-state index contributed by atoms with van der Waals surface area (Å²) in [4.78, 5) is 14.9. The van der Waals surface area contributed by atoms with Crippen LogP contribution in [-0.2, 0) is 16.6 Å². The zero-order chi connectivity index (χ0) is 20.0. The SMILES string of the molecule is CS(=O)(=O)NC[C@@H]1CCCN(C(=O)c2ccccc2COc2ccccc2)C1. The fourth-order valence-electron chi connectivity index (χ4n) is 3.39. The summed E-state index contributed by atoms with van der Waals surface area (Å²) in [5, 5.41) is 0. The minimum absolute atomic E-state index is 0.0312. The number of piperidine rings is 1. The fourth-order valence-corrected chi connectivity index (χ4v) is 3.93. The normalized spacial score (nSPS) is 17.3. The number of para-hydroxylation sites is 1. The van der Waals surface area contributed by atoms with Crippen LogP contribution in [-0.4, -0.2) is 45.1 Å². The molecule has 6 nitrogen and oxygen atoms in total. The predicted octanol–water partition coefficient (Wildman–Crippen LogP) is 2.67. The first-order valence-corrected chi connectivity index (χ1v) is 11.3. The van der Waals surface area contributed by atoms with Crippen molar-refractivity contribution in [1.82, 2.24) is 9.62 Å². The number of benzene rings is 2. The summed E-state index contributed by atoms with van der Waals surface area (Å²) in [5.74, 6) is 0.853. The smallest absolute Gasteiger partial charge is 0.254 e. The summed E-state index contributed by atoms with van der Waals surface area (Å²) in [6, 6.07) is 17.0. The topological polar surface area (TPSA) is 75.7 Å². The van der Waals surface area contributed by atoms with Gasteiger partial charge in [0.25, 0.3) is 5.91 Å². The quantitative estimate of drug-likeness (QED) is 0.773. The van der Waals surface area contributed by atoms with Crippen molar-refractivity contribution < 1.29 is 17.9 Å². The Labute approximate surface area is 166 Å². The van der Waals surface area contributed by atoms with Crippen molar-refractivity contribution in [1.29, 1.82) is 0 Å². The van der Waals surface area contributed by atoms with Crippen molar-refractivity contribution in [2.45, 2.75) is 19.4 Å². The number of nitrogens with one attached hydrogen (secondary N) is 1. The van der Waals surface area contributed by atoms with E-state index in [0.29, 0.717) is 31.8 Å². The summed E-state index contributed by atoms with van der Waals surface area (Å²) in [6.07, 6.45) is 2.93. The number of carbonyl (C=O) groups excluding carboxylic acids is 1. The van der Waals surface area contributed by atoms with Gasteiger partial charge in [0.15, 0.2) is 0 Å². The third-order valence-corrected chi connectivity index (χ3v) is 5.52. The number of carbonyl (C=O) groups is 1. The van der Waals surface area contributed by atoms with Gasteiger partial charge in [-0.25, -0.2) is 13.1 Å². The van der Waals surface area contributed by atoms with Crippen LogP contribution in [0, 0.1) is 5.92 Å². The molecule has 1 aliphatic rings. The molecular weight excluding hydrogens is 376 g/mol. The predicted molar refractivity (Wildman–Crippen MR) is 109 cm³/mol. The van der Waals surface area contributed by atoms with E-state index in [-0.39, 0.29) is 11.8 Å². The Bertz CT molecular complexity index is 900. The number of nitrogens with zero attached hydrogens (tertiary/aromatic N) is 1. The van der Waals surface area contributed by atoms with Crippen LogP contribution in [0.5, 0.6) is 5.75 Å². The van der Waals surface area contributed by atoms with Crippen molar-refractivity contribution >= 4 is 15.9 Å². The summed E-state index contributed by atoms with van der Waals surface area (Å²) >= 11 is 0. The van der Waals surface area contributed by atoms with Crippen molar-refractivity contribution in [2.24, 2.45) is 5.92 Å². The highest BCUT2D eigenvalue weighted by Crippen LogP contribution is 2.21. The second-order valence-electron chi connectivity index (χ2n) is 7.14. The van der Waals surface area contributed by atoms with E-state index < -0.39 is 10.0 Å². The van der Waals surface area contributed by atoms with Crippen LogP contribution < -0.4 is 9.46 Å². The zero-order valence-corrected chi connectivity index (χ0v) is 16.8.